The summed E-state index contributed by atoms with van der Waals surface area (Å²) in [5.74, 6) is 1.64. The molecule has 0 unspecified atom stereocenters. The first-order valence-electron chi connectivity index (χ1n) is 10.2. The zero-order valence-corrected chi connectivity index (χ0v) is 21.2. The Bertz CT molecular complexity index is 1110. The van der Waals surface area contributed by atoms with Crippen LogP contribution in [0.25, 0.3) is 0 Å². The molecule has 4 aromatic carbocycles. The zero-order valence-electron chi connectivity index (χ0n) is 18.4. The quantitative estimate of drug-likeness (QED) is 0.139. The summed E-state index contributed by atoms with van der Waals surface area (Å²) in [4.78, 5) is 0. The van der Waals surface area contributed by atoms with E-state index >= 15 is 0 Å². The molecular formula is C25H22AsF6O2P. The van der Waals surface area contributed by atoms with Crippen LogP contribution in [0.4, 0.5) is 20.8 Å². The molecule has 0 saturated carbocycles. The number of benzene rings is 4. The second-order valence-electron chi connectivity index (χ2n) is 7.34. The van der Waals surface area contributed by atoms with E-state index in [1.165, 1.54) is 15.9 Å². The molecule has 0 radical (unpaired) electrons. The van der Waals surface area contributed by atoms with Crippen LogP contribution in [0.3, 0.4) is 0 Å². The molecule has 0 aliphatic rings. The molecule has 0 heterocycles. The molecule has 4 rings (SSSR count). The normalized spacial score (nSPS) is 13.5. The van der Waals surface area contributed by atoms with Crippen molar-refractivity contribution in [2.45, 2.75) is 0 Å². The van der Waals surface area contributed by atoms with Crippen molar-refractivity contribution in [3.8, 4) is 11.5 Å². The topological polar surface area (TPSA) is 18.5 Å². The Morgan fingerprint density at radius 1 is 0.486 bits per heavy atom. The average Bonchev–Trinajstić information content (AvgIpc) is 2.83. The van der Waals surface area contributed by atoms with Gasteiger partial charge in [0.25, 0.3) is 7.49 Å². The van der Waals surface area contributed by atoms with Gasteiger partial charge in [0.15, 0.2) is 5.75 Å². The van der Waals surface area contributed by atoms with Crippen LogP contribution in [0.2, 0.25) is 0 Å². The van der Waals surface area contributed by atoms with Gasteiger partial charge in [-0.05, 0) is 60.7 Å². The van der Waals surface area contributed by atoms with Gasteiger partial charge >= 0.3 is 35.0 Å². The third-order valence-corrected chi connectivity index (χ3v) is 8.22. The third kappa shape index (κ3) is 8.34. The number of hydrogen-bond donors (Lipinski definition) is 0. The molecule has 35 heavy (non-hydrogen) atoms. The van der Waals surface area contributed by atoms with Crippen LogP contribution in [0, 0.1) is 0 Å². The molecule has 4 aromatic rings. The molecule has 0 aliphatic heterocycles. The molecule has 0 bridgehead atoms. The molecule has 0 atom stereocenters. The van der Waals surface area contributed by atoms with Crippen molar-refractivity contribution < 1.29 is 30.1 Å². The summed E-state index contributed by atoms with van der Waals surface area (Å²) in [5.41, 5.74) is 0. The maximum atomic E-state index is 9.91. The summed E-state index contributed by atoms with van der Waals surface area (Å²) in [7, 11) is -0.668. The number of halogens is 6. The van der Waals surface area contributed by atoms with Gasteiger partial charge in [0.1, 0.15) is 21.7 Å². The summed E-state index contributed by atoms with van der Waals surface area (Å²) in [6.07, 6.45) is 0. The van der Waals surface area contributed by atoms with E-state index in [1.54, 1.807) is 7.11 Å². The first-order chi connectivity index (χ1) is 16.3. The van der Waals surface area contributed by atoms with Crippen LogP contribution in [-0.4, -0.2) is 21.3 Å². The number of ether oxygens (including phenoxy) is 1. The summed E-state index contributed by atoms with van der Waals surface area (Å²) in [5, 5.41) is 3.55. The second kappa shape index (κ2) is 9.60. The van der Waals surface area contributed by atoms with Crippen molar-refractivity contribution >= 4 is 37.6 Å². The van der Waals surface area contributed by atoms with E-state index in [4.69, 9.17) is 9.26 Å². The van der Waals surface area contributed by atoms with Gasteiger partial charge in [-0.1, -0.05) is 54.6 Å². The zero-order chi connectivity index (χ0) is 25.6. The standard InChI is InChI=1S/C25H22O2P.AsF6/c1-26-21-17-19-22(20-18-21)27-28(23-11-5-2-6-12-23,24-13-7-3-8-14-24)25-15-9-4-10-16-25;2-1(3,4,5,6)7/h2-20H,1H3;/q+1;-1. The summed E-state index contributed by atoms with van der Waals surface area (Å²) in [6, 6.07) is 39.4. The van der Waals surface area contributed by atoms with Crippen molar-refractivity contribution in [1.82, 2.24) is 0 Å². The van der Waals surface area contributed by atoms with E-state index in [1.807, 2.05) is 42.5 Å². The van der Waals surface area contributed by atoms with Crippen LogP contribution < -0.4 is 25.2 Å². The van der Waals surface area contributed by atoms with E-state index in [2.05, 4.69) is 72.8 Å². The average molecular weight is 574 g/mol. The predicted molar refractivity (Wildman–Crippen MR) is 131 cm³/mol. The Morgan fingerprint density at radius 2 is 0.771 bits per heavy atom. The van der Waals surface area contributed by atoms with Gasteiger partial charge in [-0.2, -0.15) is 0 Å². The molecule has 0 saturated heterocycles. The van der Waals surface area contributed by atoms with Crippen molar-refractivity contribution in [1.29, 1.82) is 0 Å². The van der Waals surface area contributed by atoms with Crippen LogP contribution in [0.5, 0.6) is 11.5 Å². The maximum absolute atomic E-state index is 11.1. The molecule has 0 fully saturated rings. The molecule has 0 aliphatic carbocycles. The van der Waals surface area contributed by atoms with Gasteiger partial charge in [0, 0.05) is 0 Å². The molecule has 0 aromatic heterocycles. The second-order valence-corrected chi connectivity index (χ2v) is 14.3. The van der Waals surface area contributed by atoms with Gasteiger partial charge < -0.3 is 9.26 Å². The number of methoxy groups -OCH3 is 1. The van der Waals surface area contributed by atoms with Crippen LogP contribution in [0.15, 0.2) is 115 Å². The molecule has 0 spiro atoms. The fourth-order valence-corrected chi connectivity index (χ4v) is 6.74. The Balaban J connectivity index is 0.000000429. The Hall–Kier alpha value is -2.95. The van der Waals surface area contributed by atoms with Gasteiger partial charge in [-0.25, -0.2) is 0 Å². The monoisotopic (exact) mass is 574 g/mol. The van der Waals surface area contributed by atoms with E-state index in [0.29, 0.717) is 0 Å². The molecule has 0 amide bonds. The number of hydrogen-bond acceptors (Lipinski definition) is 2. The molecule has 0 N–H and O–H groups in total. The summed E-state index contributed by atoms with van der Waals surface area (Å²) in [6.45, 7) is 0. The Morgan fingerprint density at radius 3 is 1.06 bits per heavy atom. The number of rotatable bonds is 6. The van der Waals surface area contributed by atoms with Gasteiger partial charge in [0.2, 0.25) is 0 Å². The Kier molecular flexibility index (Phi) is 7.31. The first-order valence-corrected chi connectivity index (χ1v) is 16.2. The first kappa shape index (κ1) is 26.6. The van der Waals surface area contributed by atoms with Crippen LogP contribution in [0.1, 0.15) is 0 Å². The van der Waals surface area contributed by atoms with E-state index < -0.39 is 21.7 Å². The van der Waals surface area contributed by atoms with Gasteiger partial charge in [0.05, 0.1) is 7.11 Å². The molecule has 2 nitrogen and oxygen atoms in total. The van der Waals surface area contributed by atoms with Crippen molar-refractivity contribution in [2.24, 2.45) is 0 Å². The van der Waals surface area contributed by atoms with Gasteiger partial charge in [-0.15, -0.1) is 0 Å². The summed E-state index contributed by atoms with van der Waals surface area (Å²) >= 11 is -11.1. The Labute approximate surface area is 201 Å². The summed E-state index contributed by atoms with van der Waals surface area (Å²) < 4.78 is 71.7. The fourth-order valence-electron chi connectivity index (χ4n) is 3.31. The van der Waals surface area contributed by atoms with Crippen molar-refractivity contribution in [3.63, 3.8) is 0 Å². The third-order valence-electron chi connectivity index (χ3n) is 4.66. The fraction of sp³-hybridized carbons (Fsp3) is 0.0400. The van der Waals surface area contributed by atoms with Crippen LogP contribution >= 0.6 is 7.49 Å². The minimum atomic E-state index is -11.1. The van der Waals surface area contributed by atoms with E-state index in [9.17, 15) is 20.8 Å². The molecule has 10 heteroatoms. The van der Waals surface area contributed by atoms with Crippen molar-refractivity contribution in [3.05, 3.63) is 115 Å². The predicted octanol–water partition coefficient (Wildman–Crippen LogP) is 7.12. The van der Waals surface area contributed by atoms with E-state index in [0.717, 1.165) is 11.5 Å². The molecular weight excluding hydrogens is 552 g/mol. The minimum absolute atomic E-state index is 0.815. The van der Waals surface area contributed by atoms with Crippen LogP contribution in [-0.2, 0) is 0 Å². The SMILES string of the molecule is COc1ccc(O[P+](c2ccccc2)(c2ccccc2)c2ccccc2)cc1.F[As-](F)(F)(F)(F)F. The van der Waals surface area contributed by atoms with E-state index in [-0.39, 0.29) is 0 Å². The molecule has 186 valence electrons. The van der Waals surface area contributed by atoms with Gasteiger partial charge in [-0.3, -0.25) is 0 Å². The van der Waals surface area contributed by atoms with Crippen molar-refractivity contribution in [2.75, 3.05) is 7.11 Å².